The van der Waals surface area contributed by atoms with Crippen LogP contribution in [-0.4, -0.2) is 18.2 Å². The van der Waals surface area contributed by atoms with Crippen molar-refractivity contribution in [2.75, 3.05) is 7.11 Å². The summed E-state index contributed by atoms with van der Waals surface area (Å²) in [5, 5.41) is 9.10. The Morgan fingerprint density at radius 1 is 1.24 bits per heavy atom. The molecule has 0 radical (unpaired) electrons. The summed E-state index contributed by atoms with van der Waals surface area (Å²) in [4.78, 5) is 11.1. The van der Waals surface area contributed by atoms with Crippen molar-refractivity contribution in [1.29, 1.82) is 0 Å². The molecule has 0 aliphatic heterocycles. The van der Waals surface area contributed by atoms with Gasteiger partial charge in [0.05, 0.1) is 7.11 Å². The van der Waals surface area contributed by atoms with Crippen molar-refractivity contribution in [3.63, 3.8) is 0 Å². The van der Waals surface area contributed by atoms with E-state index in [2.05, 4.69) is 15.9 Å². The minimum Gasteiger partial charge on any atom is -0.496 e. The number of carboxylic acid groups (broad SMARTS) is 1. The van der Waals surface area contributed by atoms with E-state index in [9.17, 15) is 9.18 Å². The largest absolute Gasteiger partial charge is 0.496 e. The van der Waals surface area contributed by atoms with E-state index in [4.69, 9.17) is 14.6 Å². The number of aromatic carboxylic acids is 1. The maximum Gasteiger partial charge on any atom is 0.339 e. The fourth-order valence-corrected chi connectivity index (χ4v) is 2.10. The van der Waals surface area contributed by atoms with E-state index in [1.165, 1.54) is 25.3 Å². The second-order valence-electron chi connectivity index (χ2n) is 4.20. The highest BCUT2D eigenvalue weighted by Gasteiger charge is 2.12. The van der Waals surface area contributed by atoms with E-state index < -0.39 is 11.8 Å². The van der Waals surface area contributed by atoms with Crippen molar-refractivity contribution in [2.45, 2.75) is 6.61 Å². The molecular formula is C15H12BrFO4. The average molecular weight is 355 g/mol. The van der Waals surface area contributed by atoms with Crippen LogP contribution < -0.4 is 9.47 Å². The summed E-state index contributed by atoms with van der Waals surface area (Å²) < 4.78 is 24.6. The highest BCUT2D eigenvalue weighted by molar-refractivity contribution is 9.10. The van der Waals surface area contributed by atoms with Gasteiger partial charge in [-0.25, -0.2) is 9.18 Å². The Balaban J connectivity index is 2.16. The van der Waals surface area contributed by atoms with Crippen molar-refractivity contribution < 1.29 is 23.8 Å². The van der Waals surface area contributed by atoms with Gasteiger partial charge in [-0.05, 0) is 35.9 Å². The average Bonchev–Trinajstić information content (AvgIpc) is 2.46. The number of hydrogen-bond acceptors (Lipinski definition) is 3. The SMILES string of the molecule is COc1ccc(COc2ccc(Br)cc2F)cc1C(=O)O. The van der Waals surface area contributed by atoms with Crippen LogP contribution in [0.2, 0.25) is 0 Å². The molecule has 2 aromatic rings. The molecule has 2 aromatic carbocycles. The van der Waals surface area contributed by atoms with Crippen LogP contribution in [0.5, 0.6) is 11.5 Å². The molecule has 21 heavy (non-hydrogen) atoms. The van der Waals surface area contributed by atoms with E-state index >= 15 is 0 Å². The van der Waals surface area contributed by atoms with Gasteiger partial charge in [-0.3, -0.25) is 0 Å². The molecular weight excluding hydrogens is 343 g/mol. The van der Waals surface area contributed by atoms with Gasteiger partial charge < -0.3 is 14.6 Å². The standard InChI is InChI=1S/C15H12BrFO4/c1-20-13-4-2-9(6-11(13)15(18)19)8-21-14-5-3-10(16)7-12(14)17/h2-7H,8H2,1H3,(H,18,19). The molecule has 0 saturated heterocycles. The second kappa shape index (κ2) is 6.58. The second-order valence-corrected chi connectivity index (χ2v) is 5.12. The van der Waals surface area contributed by atoms with Gasteiger partial charge in [0.1, 0.15) is 17.9 Å². The molecule has 0 unspecified atom stereocenters. The van der Waals surface area contributed by atoms with Gasteiger partial charge in [0.2, 0.25) is 0 Å². The Bertz CT molecular complexity index is 673. The number of methoxy groups -OCH3 is 1. The normalized spacial score (nSPS) is 10.2. The van der Waals surface area contributed by atoms with Crippen molar-refractivity contribution in [3.8, 4) is 11.5 Å². The lowest BCUT2D eigenvalue weighted by Gasteiger charge is -2.10. The fraction of sp³-hybridized carbons (Fsp3) is 0.133. The predicted octanol–water partition coefficient (Wildman–Crippen LogP) is 3.87. The molecule has 0 aliphatic rings. The van der Waals surface area contributed by atoms with Gasteiger partial charge >= 0.3 is 5.97 Å². The minimum atomic E-state index is -1.09. The number of ether oxygens (including phenoxy) is 2. The maximum absolute atomic E-state index is 13.6. The monoisotopic (exact) mass is 354 g/mol. The fourth-order valence-electron chi connectivity index (χ4n) is 1.77. The molecule has 2 rings (SSSR count). The first-order chi connectivity index (χ1) is 10.0. The van der Waals surface area contributed by atoms with E-state index in [0.29, 0.717) is 10.0 Å². The highest BCUT2D eigenvalue weighted by Crippen LogP contribution is 2.24. The molecule has 110 valence electrons. The van der Waals surface area contributed by atoms with Crippen molar-refractivity contribution >= 4 is 21.9 Å². The topological polar surface area (TPSA) is 55.8 Å². The number of carbonyl (C=O) groups is 1. The van der Waals surface area contributed by atoms with Crippen LogP contribution >= 0.6 is 15.9 Å². The van der Waals surface area contributed by atoms with Crippen molar-refractivity contribution in [3.05, 3.63) is 57.8 Å². The van der Waals surface area contributed by atoms with Gasteiger partial charge in [0.25, 0.3) is 0 Å². The molecule has 0 fully saturated rings. The lowest BCUT2D eigenvalue weighted by Crippen LogP contribution is -2.03. The number of hydrogen-bond donors (Lipinski definition) is 1. The summed E-state index contributed by atoms with van der Waals surface area (Å²) >= 11 is 3.16. The predicted molar refractivity (Wildman–Crippen MR) is 78.4 cm³/mol. The van der Waals surface area contributed by atoms with Crippen LogP contribution in [0, 0.1) is 5.82 Å². The highest BCUT2D eigenvalue weighted by atomic mass is 79.9. The number of benzene rings is 2. The Kier molecular flexibility index (Phi) is 4.80. The van der Waals surface area contributed by atoms with Crippen LogP contribution in [0.25, 0.3) is 0 Å². The van der Waals surface area contributed by atoms with Gasteiger partial charge in [-0.1, -0.05) is 22.0 Å². The molecule has 0 bridgehead atoms. The molecule has 4 nitrogen and oxygen atoms in total. The van der Waals surface area contributed by atoms with E-state index in [1.54, 1.807) is 18.2 Å². The lowest BCUT2D eigenvalue weighted by atomic mass is 10.1. The molecule has 0 heterocycles. The Hall–Kier alpha value is -2.08. The van der Waals surface area contributed by atoms with Gasteiger partial charge in [-0.2, -0.15) is 0 Å². The van der Waals surface area contributed by atoms with Crippen LogP contribution in [0.1, 0.15) is 15.9 Å². The number of rotatable bonds is 5. The zero-order valence-corrected chi connectivity index (χ0v) is 12.7. The minimum absolute atomic E-state index is 0.0369. The van der Waals surface area contributed by atoms with Crippen LogP contribution in [0.15, 0.2) is 40.9 Å². The first kappa shape index (κ1) is 15.3. The van der Waals surface area contributed by atoms with Crippen LogP contribution in [-0.2, 0) is 6.61 Å². The third-order valence-electron chi connectivity index (χ3n) is 2.78. The maximum atomic E-state index is 13.6. The summed E-state index contributed by atoms with van der Waals surface area (Å²) in [5.74, 6) is -1.22. The van der Waals surface area contributed by atoms with Crippen molar-refractivity contribution in [1.82, 2.24) is 0 Å². The summed E-state index contributed by atoms with van der Waals surface area (Å²) in [5.41, 5.74) is 0.644. The first-order valence-electron chi connectivity index (χ1n) is 5.99. The first-order valence-corrected chi connectivity index (χ1v) is 6.78. The molecule has 0 spiro atoms. The zero-order chi connectivity index (χ0) is 15.4. The molecule has 0 aromatic heterocycles. The Labute approximate surface area is 129 Å². The lowest BCUT2D eigenvalue weighted by molar-refractivity contribution is 0.0693. The molecule has 0 amide bonds. The van der Waals surface area contributed by atoms with Gasteiger partial charge in [0, 0.05) is 4.47 Å². The van der Waals surface area contributed by atoms with E-state index in [-0.39, 0.29) is 23.7 Å². The summed E-state index contributed by atoms with van der Waals surface area (Å²) in [6.45, 7) is 0.0584. The van der Waals surface area contributed by atoms with Crippen molar-refractivity contribution in [2.24, 2.45) is 0 Å². The number of carboxylic acids is 1. The zero-order valence-electron chi connectivity index (χ0n) is 11.1. The summed E-state index contributed by atoms with van der Waals surface area (Å²) in [6.07, 6.45) is 0. The quantitative estimate of drug-likeness (QED) is 0.885. The van der Waals surface area contributed by atoms with Crippen LogP contribution in [0.4, 0.5) is 4.39 Å². The summed E-state index contributed by atoms with van der Waals surface area (Å²) in [7, 11) is 1.40. The molecule has 0 saturated carbocycles. The molecule has 1 N–H and O–H groups in total. The molecule has 6 heteroatoms. The third kappa shape index (κ3) is 3.72. The number of halogens is 2. The molecule has 0 aliphatic carbocycles. The van der Waals surface area contributed by atoms with E-state index in [0.717, 1.165) is 0 Å². The Morgan fingerprint density at radius 3 is 2.57 bits per heavy atom. The third-order valence-corrected chi connectivity index (χ3v) is 3.28. The smallest absolute Gasteiger partial charge is 0.339 e. The van der Waals surface area contributed by atoms with Crippen LogP contribution in [0.3, 0.4) is 0 Å². The van der Waals surface area contributed by atoms with E-state index in [1.807, 2.05) is 0 Å². The molecule has 0 atom stereocenters. The Morgan fingerprint density at radius 2 is 1.95 bits per heavy atom. The van der Waals surface area contributed by atoms with Gasteiger partial charge in [-0.15, -0.1) is 0 Å². The van der Waals surface area contributed by atoms with Gasteiger partial charge in [0.15, 0.2) is 11.6 Å². The summed E-state index contributed by atoms with van der Waals surface area (Å²) in [6, 6.07) is 9.11.